The summed E-state index contributed by atoms with van der Waals surface area (Å²) in [5.41, 5.74) is 2.42. The highest BCUT2D eigenvalue weighted by atomic mass is 16.5. The van der Waals surface area contributed by atoms with Crippen LogP contribution in [0.5, 0.6) is 5.75 Å². The molecule has 0 saturated heterocycles. The van der Waals surface area contributed by atoms with Crippen molar-refractivity contribution in [1.29, 1.82) is 0 Å². The maximum Gasteiger partial charge on any atom is 0.411 e. The lowest BCUT2D eigenvalue weighted by atomic mass is 10.2. The second-order valence-corrected chi connectivity index (χ2v) is 5.16. The summed E-state index contributed by atoms with van der Waals surface area (Å²) >= 11 is 0. The topological polar surface area (TPSA) is 73.3 Å². The first-order valence-electron chi connectivity index (χ1n) is 7.69. The molecule has 0 radical (unpaired) electrons. The molecule has 25 heavy (non-hydrogen) atoms. The number of methoxy groups -OCH3 is 1. The van der Waals surface area contributed by atoms with Gasteiger partial charge in [-0.15, -0.1) is 0 Å². The highest BCUT2D eigenvalue weighted by Gasteiger charge is 2.07. The van der Waals surface area contributed by atoms with E-state index in [0.717, 1.165) is 11.1 Å². The Labute approximate surface area is 145 Å². The van der Waals surface area contributed by atoms with E-state index < -0.39 is 6.09 Å². The van der Waals surface area contributed by atoms with Crippen molar-refractivity contribution >= 4 is 11.8 Å². The lowest BCUT2D eigenvalue weighted by Crippen LogP contribution is -2.13. The zero-order valence-corrected chi connectivity index (χ0v) is 13.7. The Bertz CT molecular complexity index is 836. The van der Waals surface area contributed by atoms with E-state index in [0.29, 0.717) is 23.9 Å². The minimum absolute atomic E-state index is 0.321. The van der Waals surface area contributed by atoms with Crippen molar-refractivity contribution in [2.24, 2.45) is 0 Å². The van der Waals surface area contributed by atoms with Gasteiger partial charge in [-0.05, 0) is 36.4 Å². The smallest absolute Gasteiger partial charge is 0.411 e. The van der Waals surface area contributed by atoms with Gasteiger partial charge < -0.3 is 9.47 Å². The summed E-state index contributed by atoms with van der Waals surface area (Å²) in [5.74, 6) is 1.38. The molecule has 6 heteroatoms. The molecule has 126 valence electrons. The third-order valence-corrected chi connectivity index (χ3v) is 3.51. The Morgan fingerprint density at radius 1 is 1.00 bits per heavy atom. The number of carbonyl (C=O) groups excluding carboxylic acids is 1. The molecule has 6 nitrogen and oxygen atoms in total. The minimum atomic E-state index is -0.514. The van der Waals surface area contributed by atoms with Gasteiger partial charge in [-0.2, -0.15) is 0 Å². The molecule has 0 aliphatic rings. The van der Waals surface area contributed by atoms with E-state index in [-0.39, 0.29) is 0 Å². The zero-order chi connectivity index (χ0) is 17.5. The Kier molecular flexibility index (Phi) is 5.21. The van der Waals surface area contributed by atoms with Gasteiger partial charge in [0.2, 0.25) is 0 Å². The van der Waals surface area contributed by atoms with Crippen LogP contribution in [0.25, 0.3) is 11.4 Å². The first-order valence-corrected chi connectivity index (χ1v) is 7.69. The molecule has 2 aromatic carbocycles. The van der Waals surface area contributed by atoms with Gasteiger partial charge in [0.25, 0.3) is 0 Å². The van der Waals surface area contributed by atoms with Gasteiger partial charge in [0, 0.05) is 23.5 Å². The van der Waals surface area contributed by atoms with Gasteiger partial charge in [0.1, 0.15) is 12.4 Å². The van der Waals surface area contributed by atoms with Crippen molar-refractivity contribution in [3.8, 4) is 17.1 Å². The number of amides is 1. The van der Waals surface area contributed by atoms with E-state index in [2.05, 4.69) is 20.0 Å². The molecule has 0 saturated carbocycles. The molecule has 0 fully saturated rings. The van der Waals surface area contributed by atoms with Gasteiger partial charge >= 0.3 is 6.09 Å². The summed E-state index contributed by atoms with van der Waals surface area (Å²) in [5, 5.41) is 2.67. The summed E-state index contributed by atoms with van der Waals surface area (Å²) in [7, 11) is 1.33. The van der Waals surface area contributed by atoms with Crippen molar-refractivity contribution in [3.05, 3.63) is 72.6 Å². The number of nitrogens with one attached hydrogen (secondary N) is 1. The van der Waals surface area contributed by atoms with E-state index in [1.165, 1.54) is 7.11 Å². The van der Waals surface area contributed by atoms with Crippen LogP contribution in [0, 0.1) is 0 Å². The number of hydrogen-bond donors (Lipinski definition) is 1. The summed E-state index contributed by atoms with van der Waals surface area (Å²) in [6.45, 7) is 0.321. The minimum Gasteiger partial charge on any atom is -0.489 e. The van der Waals surface area contributed by atoms with Gasteiger partial charge in [-0.1, -0.05) is 18.2 Å². The fourth-order valence-corrected chi connectivity index (χ4v) is 2.24. The summed E-state index contributed by atoms with van der Waals surface area (Å²) in [6.07, 6.45) is 2.90. The number of carbonyl (C=O) groups is 1. The van der Waals surface area contributed by atoms with Crippen LogP contribution >= 0.6 is 0 Å². The Morgan fingerprint density at radius 2 is 1.72 bits per heavy atom. The molecule has 0 unspecified atom stereocenters. The number of rotatable bonds is 5. The average molecular weight is 335 g/mol. The fraction of sp³-hybridized carbons (Fsp3) is 0.105. The van der Waals surface area contributed by atoms with Crippen LogP contribution in [-0.4, -0.2) is 23.2 Å². The molecular weight excluding hydrogens is 318 g/mol. The number of hydrogen-bond acceptors (Lipinski definition) is 5. The molecule has 0 bridgehead atoms. The molecule has 3 aromatic rings. The van der Waals surface area contributed by atoms with E-state index in [9.17, 15) is 4.79 Å². The molecule has 0 aliphatic heterocycles. The molecule has 0 atom stereocenters. The predicted octanol–water partition coefficient (Wildman–Crippen LogP) is 3.90. The van der Waals surface area contributed by atoms with Crippen LogP contribution in [0.3, 0.4) is 0 Å². The largest absolute Gasteiger partial charge is 0.489 e. The quantitative estimate of drug-likeness (QED) is 0.765. The lowest BCUT2D eigenvalue weighted by molar-refractivity contribution is 0.187. The number of benzene rings is 2. The number of anilines is 1. The normalized spacial score (nSPS) is 10.1. The van der Waals surface area contributed by atoms with Gasteiger partial charge in [0.15, 0.2) is 5.82 Å². The molecule has 1 heterocycles. The second kappa shape index (κ2) is 7.92. The standard InChI is InChI=1S/C19H17N3O3/c1-24-19(23)22-17-6-3-2-5-15(17)13-25-16-9-7-14(8-10-16)18-20-11-4-12-21-18/h2-12H,13H2,1H3,(H,22,23). The van der Waals surface area contributed by atoms with Crippen molar-refractivity contribution in [2.75, 3.05) is 12.4 Å². The first-order chi connectivity index (χ1) is 12.3. The fourth-order valence-electron chi connectivity index (χ4n) is 2.24. The SMILES string of the molecule is COC(=O)Nc1ccccc1COc1ccc(-c2ncccn2)cc1. The van der Waals surface area contributed by atoms with E-state index in [4.69, 9.17) is 4.74 Å². The molecule has 1 N–H and O–H groups in total. The first kappa shape index (κ1) is 16.4. The van der Waals surface area contributed by atoms with Crippen LogP contribution in [-0.2, 0) is 11.3 Å². The van der Waals surface area contributed by atoms with Gasteiger partial charge in [-0.25, -0.2) is 14.8 Å². The van der Waals surface area contributed by atoms with Crippen LogP contribution in [0.2, 0.25) is 0 Å². The summed E-state index contributed by atoms with van der Waals surface area (Å²) in [4.78, 5) is 19.8. The molecule has 1 amide bonds. The molecule has 0 aliphatic carbocycles. The van der Waals surface area contributed by atoms with Gasteiger partial charge in [-0.3, -0.25) is 5.32 Å². The van der Waals surface area contributed by atoms with Crippen molar-refractivity contribution < 1.29 is 14.3 Å². The number of ether oxygens (including phenoxy) is 2. The third-order valence-electron chi connectivity index (χ3n) is 3.51. The summed E-state index contributed by atoms with van der Waals surface area (Å²) < 4.78 is 10.4. The molecular formula is C19H17N3O3. The average Bonchev–Trinajstić information content (AvgIpc) is 2.68. The van der Waals surface area contributed by atoms with Crippen LogP contribution in [0.15, 0.2) is 67.0 Å². The van der Waals surface area contributed by atoms with Crippen molar-refractivity contribution in [3.63, 3.8) is 0 Å². The second-order valence-electron chi connectivity index (χ2n) is 5.16. The van der Waals surface area contributed by atoms with E-state index in [1.807, 2.05) is 42.5 Å². The molecule has 0 spiro atoms. The van der Waals surface area contributed by atoms with Crippen molar-refractivity contribution in [2.45, 2.75) is 6.61 Å². The Balaban J connectivity index is 1.67. The van der Waals surface area contributed by atoms with E-state index in [1.54, 1.807) is 24.5 Å². The Morgan fingerprint density at radius 3 is 2.44 bits per heavy atom. The highest BCUT2D eigenvalue weighted by molar-refractivity contribution is 5.85. The lowest BCUT2D eigenvalue weighted by Gasteiger charge is -2.12. The zero-order valence-electron chi connectivity index (χ0n) is 13.7. The van der Waals surface area contributed by atoms with Crippen LogP contribution in [0.1, 0.15) is 5.56 Å². The monoisotopic (exact) mass is 335 g/mol. The van der Waals surface area contributed by atoms with E-state index >= 15 is 0 Å². The highest BCUT2D eigenvalue weighted by Crippen LogP contribution is 2.21. The maximum absolute atomic E-state index is 11.4. The Hall–Kier alpha value is -3.41. The molecule has 3 rings (SSSR count). The number of para-hydroxylation sites is 1. The predicted molar refractivity (Wildman–Crippen MR) is 94.3 cm³/mol. The van der Waals surface area contributed by atoms with Crippen LogP contribution in [0.4, 0.5) is 10.5 Å². The number of nitrogens with zero attached hydrogens (tertiary/aromatic N) is 2. The third kappa shape index (κ3) is 4.32. The summed E-state index contributed by atoms with van der Waals surface area (Å²) in [6, 6.07) is 16.7. The van der Waals surface area contributed by atoms with Crippen molar-refractivity contribution in [1.82, 2.24) is 9.97 Å². The van der Waals surface area contributed by atoms with Crippen LogP contribution < -0.4 is 10.1 Å². The maximum atomic E-state index is 11.4. The van der Waals surface area contributed by atoms with Gasteiger partial charge in [0.05, 0.1) is 12.8 Å². The molecule has 1 aromatic heterocycles. The number of aromatic nitrogens is 2.